The zero-order chi connectivity index (χ0) is 92.5. The molecule has 0 aliphatic heterocycles. The molecule has 740 valence electrons. The summed E-state index contributed by atoms with van der Waals surface area (Å²) in [6.07, 6.45) is 45.1. The number of ketones is 1. The largest absolute Gasteiger partial charge is 0.397 e. The Morgan fingerprint density at radius 3 is 0.945 bits per heavy atom. The van der Waals surface area contributed by atoms with Crippen molar-refractivity contribution >= 4 is 26.6 Å². The number of allylic oxidation sites excluding steroid dienone is 1. The summed E-state index contributed by atoms with van der Waals surface area (Å²) in [5.74, 6) is 10.3. The van der Waals surface area contributed by atoms with Gasteiger partial charge in [-0.2, -0.15) is 16.8 Å². The SMILES string of the molecule is C=C(C)C(=O)CC[C@@H](C)C1CCC2C3C(CC[C@@]21C)[C@@]1(C)CC[C@H](NCCCNCCCCN)C[C@@H]1C[C@H]3O.CC(C)C(CC[C@@H](C)C1CCC2C3C(CC[C@@]21C)[C@@]1(C)CC[C@H](NCCCNCCCCCCN)C[C@@H]1C[C@H]3O)OS(=O)(=O)O.CC(C)C(CC[C@@H](C)C1CCC2C3C(CC[C@@]21C)[C@@]1(C)CC[C@H](NCCCNCCCCN)C[C@@H]1C[C@H]3O)OS(=O)(=O)O. The second kappa shape index (κ2) is 48.8. The molecule has 14 unspecified atom stereocenters. The van der Waals surface area contributed by atoms with E-state index in [1.54, 1.807) is 0 Å². The van der Waals surface area contributed by atoms with Crippen LogP contribution in [0.5, 0.6) is 0 Å². The molecule has 0 radical (unpaired) electrons. The summed E-state index contributed by atoms with van der Waals surface area (Å²) < 4.78 is 74.3. The summed E-state index contributed by atoms with van der Waals surface area (Å²) in [5.41, 5.74) is 19.2. The van der Waals surface area contributed by atoms with Crippen molar-refractivity contribution in [3.63, 3.8) is 0 Å². The fourth-order valence-corrected chi connectivity index (χ4v) is 33.2. The van der Waals surface area contributed by atoms with Gasteiger partial charge in [0.25, 0.3) is 0 Å². The summed E-state index contributed by atoms with van der Waals surface area (Å²) in [4.78, 5) is 12.2. The van der Waals surface area contributed by atoms with Gasteiger partial charge in [0.15, 0.2) is 5.78 Å². The van der Waals surface area contributed by atoms with Gasteiger partial charge in [-0.05, 0) is 486 Å². The minimum atomic E-state index is -4.45. The van der Waals surface area contributed by atoms with Crippen LogP contribution in [0.15, 0.2) is 12.2 Å². The van der Waals surface area contributed by atoms with Gasteiger partial charge in [0.05, 0.1) is 30.5 Å². The number of Topliss-reactive ketones (excluding diaryl/α,β-unsaturated/α-hetero) is 1. The van der Waals surface area contributed by atoms with Crippen LogP contribution >= 0.6 is 0 Å². The number of carbonyl (C=O) groups is 1. The number of aliphatic hydroxyl groups excluding tert-OH is 3. The molecule has 12 aliphatic carbocycles. The van der Waals surface area contributed by atoms with E-state index in [1.807, 2.05) is 34.6 Å². The minimum absolute atomic E-state index is 0.0152. The molecule has 21 nitrogen and oxygen atoms in total. The fourth-order valence-electron chi connectivity index (χ4n) is 31.9. The Balaban J connectivity index is 0.000000199. The van der Waals surface area contributed by atoms with E-state index in [0.717, 1.165) is 149 Å². The molecule has 0 amide bonds. The van der Waals surface area contributed by atoms with E-state index in [9.17, 15) is 46.1 Å². The molecule has 12 saturated carbocycles. The maximum atomic E-state index is 12.2. The van der Waals surface area contributed by atoms with Gasteiger partial charge in [0.1, 0.15) is 0 Å². The first-order valence-corrected chi connectivity index (χ1v) is 55.9. The average Bonchev–Trinajstić information content (AvgIpc) is 1.46. The lowest BCUT2D eigenvalue weighted by atomic mass is 9.43. The number of unbranched alkanes of at least 4 members (excludes halogenated alkanes) is 5. The molecule has 17 N–H and O–H groups in total. The Labute approximate surface area is 775 Å². The van der Waals surface area contributed by atoms with E-state index in [0.29, 0.717) is 171 Å². The Hall–Kier alpha value is -1.33. The van der Waals surface area contributed by atoms with Crippen molar-refractivity contribution in [2.75, 3.05) is 78.5 Å². The van der Waals surface area contributed by atoms with Crippen LogP contribution in [0.2, 0.25) is 0 Å². The second-order valence-electron chi connectivity index (χ2n) is 47.3. The van der Waals surface area contributed by atoms with E-state index >= 15 is 0 Å². The van der Waals surface area contributed by atoms with Crippen LogP contribution in [0.1, 0.15) is 360 Å². The molecule has 0 bridgehead atoms. The van der Waals surface area contributed by atoms with E-state index < -0.39 is 33.0 Å². The van der Waals surface area contributed by atoms with Crippen molar-refractivity contribution in [3.05, 3.63) is 12.2 Å². The topological polar surface area (TPSA) is 355 Å². The van der Waals surface area contributed by atoms with E-state index in [1.165, 1.54) is 173 Å². The van der Waals surface area contributed by atoms with Gasteiger partial charge in [-0.1, -0.05) is 109 Å². The predicted molar refractivity (Wildman–Crippen MR) is 519 cm³/mol. The lowest BCUT2D eigenvalue weighted by Crippen LogP contribution is -2.59. The molecule has 0 spiro atoms. The number of hydrogen-bond donors (Lipinski definition) is 14. The minimum Gasteiger partial charge on any atom is -0.393 e. The van der Waals surface area contributed by atoms with Gasteiger partial charge in [0.2, 0.25) is 0 Å². The quantitative estimate of drug-likeness (QED) is 0.0153. The maximum absolute atomic E-state index is 12.2. The first-order valence-electron chi connectivity index (χ1n) is 53.2. The number of nitrogens with two attached hydrogens (primary N) is 3. The van der Waals surface area contributed by atoms with Gasteiger partial charge in [-0.25, -0.2) is 8.37 Å². The molecule has 0 aromatic rings. The van der Waals surface area contributed by atoms with E-state index in [2.05, 4.69) is 101 Å². The zero-order valence-electron chi connectivity index (χ0n) is 83.0. The van der Waals surface area contributed by atoms with Crippen molar-refractivity contribution in [2.24, 2.45) is 168 Å². The molecule has 12 fully saturated rings. The molecule has 32 atom stereocenters. The van der Waals surface area contributed by atoms with Crippen LogP contribution in [0.4, 0.5) is 0 Å². The van der Waals surface area contributed by atoms with Crippen molar-refractivity contribution in [2.45, 2.75) is 409 Å². The summed E-state index contributed by atoms with van der Waals surface area (Å²) in [7, 11) is -8.91. The number of hydrogen-bond acceptors (Lipinski definition) is 19. The van der Waals surface area contributed by atoms with Gasteiger partial charge >= 0.3 is 20.8 Å². The molecule has 23 heteroatoms. The van der Waals surface area contributed by atoms with Crippen LogP contribution < -0.4 is 49.1 Å². The van der Waals surface area contributed by atoms with Crippen molar-refractivity contribution in [1.29, 1.82) is 0 Å². The molecule has 0 saturated heterocycles. The third-order valence-electron chi connectivity index (χ3n) is 39.2. The number of carbonyl (C=O) groups excluding carboxylic acids is 1. The van der Waals surface area contributed by atoms with Crippen LogP contribution in [0.25, 0.3) is 0 Å². The summed E-state index contributed by atoms with van der Waals surface area (Å²) in [5, 5.41) is 57.6. The van der Waals surface area contributed by atoms with E-state index in [4.69, 9.17) is 25.6 Å². The molecular formula is C104H195N9O12S2. The Morgan fingerprint density at radius 1 is 0.370 bits per heavy atom. The number of rotatable bonds is 48. The zero-order valence-corrected chi connectivity index (χ0v) is 84.6. The van der Waals surface area contributed by atoms with Crippen molar-refractivity contribution < 1.29 is 54.4 Å². The first-order chi connectivity index (χ1) is 60.2. The lowest BCUT2D eigenvalue weighted by molar-refractivity contribution is -0.167. The molecule has 0 aromatic heterocycles. The fraction of sp³-hybridized carbons (Fsp3) is 0.971. The van der Waals surface area contributed by atoms with Crippen molar-refractivity contribution in [1.82, 2.24) is 31.9 Å². The maximum Gasteiger partial charge on any atom is 0.397 e. The Kier molecular flexibility index (Phi) is 41.4. The molecule has 12 aliphatic rings. The number of aliphatic hydroxyl groups is 3. The number of fused-ring (bicyclic) bond motifs is 15. The normalized spacial score (nSPS) is 39.2. The van der Waals surface area contributed by atoms with Gasteiger partial charge in [-0.15, -0.1) is 0 Å². The van der Waals surface area contributed by atoms with Gasteiger partial charge < -0.3 is 64.4 Å². The summed E-state index contributed by atoms with van der Waals surface area (Å²) in [6, 6.07) is 1.76. The second-order valence-corrected chi connectivity index (χ2v) is 49.4. The third kappa shape index (κ3) is 27.2. The summed E-state index contributed by atoms with van der Waals surface area (Å²) in [6.45, 7) is 47.9. The van der Waals surface area contributed by atoms with Gasteiger partial charge in [0, 0.05) is 24.5 Å². The standard InChI is InChI=1S/C36H69N3O5S.C34H65N3O5S.C34H61N3O2/c1-25(2)33(44-45(41,42)43)14-11-26(3)29-12-13-30-34-31(16-18-36(29,30)5)35(4)17-15-28(23-27(35)24-32(34)40)39-22-10-21-38-20-9-7-6-8-19-37;1-23(2)31(42-43(39,40)41)12-9-24(3)27-10-11-28-32-29(14-16-34(27,28)5)33(4)15-13-26(21-25(33)22-30(32)38)37-20-8-19-36-18-7-6-17-35;1-23(2)30(38)12-9-24(3)27-10-11-28-32-29(14-16-34(27,28)5)33(4)15-13-26(21-25(33)22-31(32)39)37-20-8-19-36-18-7-6-17-35/h25-34,38-40H,6-24,37H2,1-5H3,(H,41,42,43);23-32,36-38H,6-22,35H2,1-5H3,(H,39,40,41);24-29,31-32,36-37,39H,1,6-22,35H2,2-5H3/t26-,27-,28+,29?,30?,31?,32-,33?,34?,35+,36-;24-,25-,26+,27?,28?,29?,30-,31?,32?,33+,34-;24-,25-,26+,27?,28?,29?,31-,32?,33+,34-/m111/s1. The Bertz CT molecular complexity index is 3530. The average molecular weight is 1830 g/mol. The van der Waals surface area contributed by atoms with Gasteiger partial charge in [-0.3, -0.25) is 13.9 Å². The van der Waals surface area contributed by atoms with Crippen LogP contribution in [-0.2, 0) is 34.0 Å². The highest BCUT2D eigenvalue weighted by atomic mass is 32.3. The Morgan fingerprint density at radius 2 is 0.646 bits per heavy atom. The predicted octanol–water partition coefficient (Wildman–Crippen LogP) is 17.7. The summed E-state index contributed by atoms with van der Waals surface area (Å²) >= 11 is 0. The monoisotopic (exact) mass is 1830 g/mol. The van der Waals surface area contributed by atoms with Crippen LogP contribution in [0, 0.1) is 151 Å². The third-order valence-corrected chi connectivity index (χ3v) is 40.2. The first kappa shape index (κ1) is 108. The molecule has 0 aromatic carbocycles. The number of nitrogens with one attached hydrogen (secondary N) is 6. The van der Waals surface area contributed by atoms with Crippen LogP contribution in [0.3, 0.4) is 0 Å². The highest BCUT2D eigenvalue weighted by Gasteiger charge is 2.67. The highest BCUT2D eigenvalue weighted by Crippen LogP contribution is 2.72. The molecule has 127 heavy (non-hydrogen) atoms. The lowest BCUT2D eigenvalue weighted by Gasteiger charge is -2.62. The molecule has 0 heterocycles. The molecular weight excluding hydrogens is 1630 g/mol. The van der Waals surface area contributed by atoms with Crippen molar-refractivity contribution in [3.8, 4) is 0 Å². The van der Waals surface area contributed by atoms with E-state index in [-0.39, 0.29) is 46.8 Å². The smallest absolute Gasteiger partial charge is 0.393 e. The van der Waals surface area contributed by atoms with Crippen LogP contribution in [-0.4, -0.2) is 174 Å². The highest BCUT2D eigenvalue weighted by molar-refractivity contribution is 7.81. The molecule has 12 rings (SSSR count).